The third-order valence-corrected chi connectivity index (χ3v) is 7.30. The van der Waals surface area contributed by atoms with Crippen LogP contribution in [0.25, 0.3) is 0 Å². The van der Waals surface area contributed by atoms with Gasteiger partial charge in [0.2, 0.25) is 5.91 Å². The predicted molar refractivity (Wildman–Crippen MR) is 116 cm³/mol. The number of esters is 1. The molecule has 0 radical (unpaired) electrons. The van der Waals surface area contributed by atoms with Crippen molar-refractivity contribution in [1.82, 2.24) is 4.90 Å². The first-order chi connectivity index (χ1) is 13.7. The number of hydrogen-bond acceptors (Lipinski definition) is 7. The SMILES string of the molecule is CC(I)CSC1=C(C(=O)OCc2ccc([N+](=O)[O-])cc2)N2C(=O)[C@@H](C(C)O)C2C1. The Morgan fingerprint density at radius 2 is 2.07 bits per heavy atom. The van der Waals surface area contributed by atoms with Crippen molar-refractivity contribution in [1.29, 1.82) is 0 Å². The lowest BCUT2D eigenvalue weighted by atomic mass is 9.83. The topological polar surface area (TPSA) is 110 Å². The van der Waals surface area contributed by atoms with Crippen molar-refractivity contribution < 1.29 is 24.4 Å². The fourth-order valence-electron chi connectivity index (χ4n) is 3.50. The second-order valence-corrected chi connectivity index (χ2v) is 10.4. The average Bonchev–Trinajstić information content (AvgIpc) is 2.98. The van der Waals surface area contributed by atoms with Gasteiger partial charge < -0.3 is 14.7 Å². The number of aliphatic hydroxyl groups excluding tert-OH is 1. The number of non-ortho nitro benzene ring substituents is 1. The van der Waals surface area contributed by atoms with Crippen LogP contribution in [0.5, 0.6) is 0 Å². The van der Waals surface area contributed by atoms with Crippen molar-refractivity contribution >= 4 is 51.9 Å². The molecule has 0 saturated carbocycles. The smallest absolute Gasteiger partial charge is 0.356 e. The molecule has 1 saturated heterocycles. The first-order valence-corrected chi connectivity index (χ1v) is 11.4. The number of hydrogen-bond donors (Lipinski definition) is 1. The van der Waals surface area contributed by atoms with E-state index in [1.807, 2.05) is 0 Å². The fraction of sp³-hybridized carbons (Fsp3) is 0.474. The molecule has 1 aromatic carbocycles. The highest BCUT2D eigenvalue weighted by Gasteiger charge is 2.57. The summed E-state index contributed by atoms with van der Waals surface area (Å²) in [6, 6.07) is 5.55. The molecule has 10 heteroatoms. The minimum atomic E-state index is -0.769. The number of amides is 1. The lowest BCUT2D eigenvalue weighted by molar-refractivity contribution is -0.384. The van der Waals surface area contributed by atoms with Crippen molar-refractivity contribution in [2.45, 2.75) is 42.9 Å². The van der Waals surface area contributed by atoms with Crippen LogP contribution >= 0.6 is 34.4 Å². The lowest BCUT2D eigenvalue weighted by Crippen LogP contribution is -2.61. The molecule has 0 spiro atoms. The van der Waals surface area contributed by atoms with Gasteiger partial charge in [0, 0.05) is 33.1 Å². The van der Waals surface area contributed by atoms with Crippen LogP contribution in [0.2, 0.25) is 0 Å². The molecule has 4 atom stereocenters. The molecule has 1 aromatic rings. The van der Waals surface area contributed by atoms with Crippen molar-refractivity contribution in [3.63, 3.8) is 0 Å². The van der Waals surface area contributed by atoms with Crippen LogP contribution in [-0.4, -0.2) is 48.6 Å². The number of rotatable bonds is 8. The Balaban J connectivity index is 1.73. The molecule has 156 valence electrons. The van der Waals surface area contributed by atoms with E-state index < -0.39 is 22.9 Å². The summed E-state index contributed by atoms with van der Waals surface area (Å²) in [5.74, 6) is -0.553. The van der Waals surface area contributed by atoms with Crippen LogP contribution in [0.1, 0.15) is 25.8 Å². The molecule has 3 rings (SSSR count). The third kappa shape index (κ3) is 4.58. The zero-order valence-corrected chi connectivity index (χ0v) is 18.9. The van der Waals surface area contributed by atoms with Gasteiger partial charge in [-0.15, -0.1) is 11.8 Å². The molecule has 2 aliphatic heterocycles. The number of ether oxygens (including phenoxy) is 1. The van der Waals surface area contributed by atoms with Gasteiger partial charge in [-0.1, -0.05) is 29.5 Å². The molecule has 0 aliphatic carbocycles. The Kier molecular flexibility index (Phi) is 6.84. The molecule has 3 unspecified atom stereocenters. The van der Waals surface area contributed by atoms with Crippen molar-refractivity contribution in [3.8, 4) is 0 Å². The monoisotopic (exact) mass is 532 g/mol. The van der Waals surface area contributed by atoms with Crippen LogP contribution in [-0.2, 0) is 20.9 Å². The molecular formula is C19H21IN2O6S. The summed E-state index contributed by atoms with van der Waals surface area (Å²) in [5.41, 5.74) is 0.843. The number of carbonyl (C=O) groups is 2. The van der Waals surface area contributed by atoms with E-state index in [1.165, 1.54) is 40.9 Å². The van der Waals surface area contributed by atoms with E-state index in [0.29, 0.717) is 15.9 Å². The maximum atomic E-state index is 12.8. The van der Waals surface area contributed by atoms with E-state index in [4.69, 9.17) is 4.74 Å². The molecule has 1 amide bonds. The molecule has 0 bridgehead atoms. The van der Waals surface area contributed by atoms with Crippen LogP contribution < -0.4 is 0 Å². The standard InChI is InChI=1S/C19H21IN2O6S/c1-10(20)9-29-15-7-14-16(11(2)23)18(24)21(14)17(15)19(25)28-8-12-3-5-13(6-4-12)22(26)27/h3-6,10-11,14,16,23H,7-9H2,1-2H3/t10?,11?,14?,16-/m0/s1. The number of alkyl halides is 1. The zero-order chi connectivity index (χ0) is 21.3. The van der Waals surface area contributed by atoms with Gasteiger partial charge >= 0.3 is 5.97 Å². The van der Waals surface area contributed by atoms with Crippen LogP contribution in [0.4, 0.5) is 5.69 Å². The van der Waals surface area contributed by atoms with Crippen molar-refractivity contribution in [2.24, 2.45) is 5.92 Å². The number of nitro groups is 1. The normalized spacial score (nSPS) is 22.8. The molecule has 29 heavy (non-hydrogen) atoms. The molecule has 2 aliphatic rings. The van der Waals surface area contributed by atoms with Crippen LogP contribution in [0.3, 0.4) is 0 Å². The van der Waals surface area contributed by atoms with Gasteiger partial charge in [0.1, 0.15) is 12.3 Å². The van der Waals surface area contributed by atoms with E-state index in [1.54, 1.807) is 6.92 Å². The average molecular weight is 532 g/mol. The zero-order valence-electron chi connectivity index (χ0n) is 15.9. The number of nitrogens with zero attached hydrogens (tertiary/aromatic N) is 2. The maximum absolute atomic E-state index is 12.8. The van der Waals surface area contributed by atoms with Crippen molar-refractivity contribution in [2.75, 3.05) is 5.75 Å². The summed E-state index contributed by atoms with van der Waals surface area (Å²) in [7, 11) is 0. The van der Waals surface area contributed by atoms with Gasteiger partial charge in [-0.2, -0.15) is 0 Å². The fourth-order valence-corrected chi connectivity index (χ4v) is 5.07. The highest BCUT2D eigenvalue weighted by molar-refractivity contribution is 14.1. The van der Waals surface area contributed by atoms with E-state index in [-0.39, 0.29) is 29.9 Å². The maximum Gasteiger partial charge on any atom is 0.356 e. The summed E-state index contributed by atoms with van der Waals surface area (Å²) >= 11 is 3.84. The second kappa shape index (κ2) is 9.00. The number of β-lactam (4-membered cyclic amide) rings is 1. The quantitative estimate of drug-likeness (QED) is 0.137. The van der Waals surface area contributed by atoms with Crippen LogP contribution in [0, 0.1) is 16.0 Å². The highest BCUT2D eigenvalue weighted by atomic mass is 127. The number of aliphatic hydroxyl groups is 1. The minimum absolute atomic E-state index is 0.0386. The summed E-state index contributed by atoms with van der Waals surface area (Å²) in [6.45, 7) is 3.60. The first-order valence-electron chi connectivity index (χ1n) is 9.12. The van der Waals surface area contributed by atoms with E-state index in [2.05, 4.69) is 29.5 Å². The van der Waals surface area contributed by atoms with Gasteiger partial charge in [0.15, 0.2) is 0 Å². The predicted octanol–water partition coefficient (Wildman–Crippen LogP) is 3.02. The van der Waals surface area contributed by atoms with Crippen LogP contribution in [0.15, 0.2) is 34.9 Å². The van der Waals surface area contributed by atoms with E-state index >= 15 is 0 Å². The summed E-state index contributed by atoms with van der Waals surface area (Å²) in [4.78, 5) is 37.8. The summed E-state index contributed by atoms with van der Waals surface area (Å²) in [5, 5.41) is 20.6. The molecule has 2 heterocycles. The number of thioether (sulfide) groups is 1. The molecule has 0 aromatic heterocycles. The Bertz CT molecular complexity index is 855. The Hall–Kier alpha value is -1.66. The molecule has 1 N–H and O–H groups in total. The summed E-state index contributed by atoms with van der Waals surface area (Å²) in [6.07, 6.45) is -0.230. The highest BCUT2D eigenvalue weighted by Crippen LogP contribution is 2.47. The van der Waals surface area contributed by atoms with Gasteiger partial charge in [-0.25, -0.2) is 4.79 Å². The number of nitro benzene ring substituents is 1. The van der Waals surface area contributed by atoms with E-state index in [0.717, 1.165) is 10.7 Å². The Morgan fingerprint density at radius 3 is 2.62 bits per heavy atom. The largest absolute Gasteiger partial charge is 0.456 e. The first kappa shape index (κ1) is 22.0. The van der Waals surface area contributed by atoms with Gasteiger partial charge in [-0.3, -0.25) is 14.9 Å². The van der Waals surface area contributed by atoms with Crippen molar-refractivity contribution in [3.05, 3.63) is 50.5 Å². The number of halogens is 1. The second-order valence-electron chi connectivity index (χ2n) is 7.11. The third-order valence-electron chi connectivity index (χ3n) is 4.89. The van der Waals surface area contributed by atoms with Gasteiger partial charge in [0.25, 0.3) is 5.69 Å². The lowest BCUT2D eigenvalue weighted by Gasteiger charge is -2.44. The van der Waals surface area contributed by atoms with Gasteiger partial charge in [-0.05, 0) is 24.6 Å². The number of fused-ring (bicyclic) bond motifs is 1. The Morgan fingerprint density at radius 1 is 1.41 bits per heavy atom. The molecule has 8 nitrogen and oxygen atoms in total. The number of benzene rings is 1. The summed E-state index contributed by atoms with van der Waals surface area (Å²) < 4.78 is 5.80. The minimum Gasteiger partial charge on any atom is -0.456 e. The van der Waals surface area contributed by atoms with E-state index in [9.17, 15) is 24.8 Å². The van der Waals surface area contributed by atoms with Gasteiger partial charge in [0.05, 0.1) is 23.0 Å². The number of carbonyl (C=O) groups excluding carboxylic acids is 2. The Labute approximate surface area is 186 Å². The molecular weight excluding hydrogens is 511 g/mol. The molecule has 1 fully saturated rings.